The van der Waals surface area contributed by atoms with E-state index in [0.29, 0.717) is 5.92 Å². The van der Waals surface area contributed by atoms with Gasteiger partial charge in [-0.3, -0.25) is 4.79 Å². The summed E-state index contributed by atoms with van der Waals surface area (Å²) in [4.78, 5) is 10.9. The van der Waals surface area contributed by atoms with E-state index in [4.69, 9.17) is 5.11 Å². The number of aliphatic hydroxyl groups excluding tert-OH is 1. The van der Waals surface area contributed by atoms with E-state index in [9.17, 15) is 9.90 Å². The summed E-state index contributed by atoms with van der Waals surface area (Å²) in [6.45, 7) is 8.09. The molecule has 3 N–H and O–H groups in total. The number of nitrogens with one attached hydrogen (secondary N) is 1. The first-order valence-electron chi connectivity index (χ1n) is 7.07. The number of carboxylic acids is 1. The summed E-state index contributed by atoms with van der Waals surface area (Å²) >= 11 is 0. The Hall–Kier alpha value is -1.39. The number of aliphatic carboxylic acids is 1. The van der Waals surface area contributed by atoms with Crippen molar-refractivity contribution in [1.82, 2.24) is 5.32 Å². The first-order chi connectivity index (χ1) is 9.31. The minimum Gasteiger partial charge on any atom is -0.481 e. The lowest BCUT2D eigenvalue weighted by Crippen LogP contribution is -2.40. The highest BCUT2D eigenvalue weighted by Crippen LogP contribution is 2.22. The summed E-state index contributed by atoms with van der Waals surface area (Å²) in [5.74, 6) is -0.481. The van der Waals surface area contributed by atoms with Crippen molar-refractivity contribution in [2.45, 2.75) is 58.2 Å². The van der Waals surface area contributed by atoms with Crippen LogP contribution in [0, 0.1) is 0 Å². The van der Waals surface area contributed by atoms with Crippen LogP contribution in [0.3, 0.4) is 0 Å². The van der Waals surface area contributed by atoms with Crippen LogP contribution in [0.5, 0.6) is 0 Å². The van der Waals surface area contributed by atoms with Gasteiger partial charge in [0.05, 0.1) is 12.5 Å². The molecule has 0 saturated carbocycles. The van der Waals surface area contributed by atoms with Crippen LogP contribution in [0.15, 0.2) is 24.3 Å². The van der Waals surface area contributed by atoms with E-state index in [-0.39, 0.29) is 12.5 Å². The second kappa shape index (κ2) is 7.41. The second-order valence-corrected chi connectivity index (χ2v) is 5.79. The van der Waals surface area contributed by atoms with E-state index in [1.165, 1.54) is 5.56 Å². The molecule has 0 bridgehead atoms. The number of hydrogen-bond donors (Lipinski definition) is 3. The van der Waals surface area contributed by atoms with E-state index in [1.54, 1.807) is 0 Å². The topological polar surface area (TPSA) is 69.6 Å². The lowest BCUT2D eigenvalue weighted by Gasteiger charge is -2.25. The van der Waals surface area contributed by atoms with E-state index < -0.39 is 18.1 Å². The van der Waals surface area contributed by atoms with Crippen molar-refractivity contribution < 1.29 is 15.0 Å². The van der Waals surface area contributed by atoms with Crippen molar-refractivity contribution in [3.63, 3.8) is 0 Å². The second-order valence-electron chi connectivity index (χ2n) is 5.79. The molecule has 112 valence electrons. The SMILES string of the molecule is CC(C)NC(CC(=O)O)C(O)c1ccc(C(C)C)cc1. The summed E-state index contributed by atoms with van der Waals surface area (Å²) < 4.78 is 0. The molecule has 0 radical (unpaired) electrons. The van der Waals surface area contributed by atoms with E-state index in [1.807, 2.05) is 38.1 Å². The number of carboxylic acid groups (broad SMARTS) is 1. The van der Waals surface area contributed by atoms with Gasteiger partial charge in [-0.25, -0.2) is 0 Å². The number of hydrogen-bond acceptors (Lipinski definition) is 3. The standard InChI is InChI=1S/C16H25NO3/c1-10(2)12-5-7-13(8-6-12)16(20)14(9-15(18)19)17-11(3)4/h5-8,10-11,14,16-17,20H,9H2,1-4H3,(H,18,19). The maximum absolute atomic E-state index is 10.9. The van der Waals surface area contributed by atoms with Gasteiger partial charge < -0.3 is 15.5 Å². The van der Waals surface area contributed by atoms with Crippen LogP contribution in [-0.4, -0.2) is 28.3 Å². The van der Waals surface area contributed by atoms with Gasteiger partial charge in [0, 0.05) is 12.1 Å². The van der Waals surface area contributed by atoms with Gasteiger partial charge in [-0.2, -0.15) is 0 Å². The summed E-state index contributed by atoms with van der Waals surface area (Å²) in [6, 6.07) is 7.34. The molecule has 0 amide bonds. The Morgan fingerprint density at radius 2 is 1.60 bits per heavy atom. The van der Waals surface area contributed by atoms with Crippen molar-refractivity contribution >= 4 is 5.97 Å². The Morgan fingerprint density at radius 1 is 1.10 bits per heavy atom. The molecular weight excluding hydrogens is 254 g/mol. The molecule has 0 heterocycles. The average Bonchev–Trinajstić information content (AvgIpc) is 2.36. The van der Waals surface area contributed by atoms with Gasteiger partial charge in [-0.05, 0) is 17.0 Å². The van der Waals surface area contributed by atoms with Crippen LogP contribution < -0.4 is 5.32 Å². The third-order valence-corrected chi connectivity index (χ3v) is 3.27. The Kier molecular flexibility index (Phi) is 6.17. The van der Waals surface area contributed by atoms with Crippen molar-refractivity contribution in [1.29, 1.82) is 0 Å². The highest BCUT2D eigenvalue weighted by atomic mass is 16.4. The Labute approximate surface area is 120 Å². The number of aliphatic hydroxyl groups is 1. The van der Waals surface area contributed by atoms with Gasteiger partial charge in [-0.15, -0.1) is 0 Å². The molecule has 0 aliphatic heterocycles. The van der Waals surface area contributed by atoms with E-state index in [0.717, 1.165) is 5.56 Å². The zero-order valence-corrected chi connectivity index (χ0v) is 12.6. The smallest absolute Gasteiger partial charge is 0.305 e. The maximum atomic E-state index is 10.9. The first-order valence-corrected chi connectivity index (χ1v) is 7.07. The predicted octanol–water partition coefficient (Wildman–Crippen LogP) is 2.68. The average molecular weight is 279 g/mol. The normalized spacial score (nSPS) is 14.6. The zero-order valence-electron chi connectivity index (χ0n) is 12.6. The monoisotopic (exact) mass is 279 g/mol. The Morgan fingerprint density at radius 3 is 2.00 bits per heavy atom. The third-order valence-electron chi connectivity index (χ3n) is 3.27. The lowest BCUT2D eigenvalue weighted by atomic mass is 9.95. The minimum atomic E-state index is -0.916. The van der Waals surface area contributed by atoms with Gasteiger partial charge in [-0.1, -0.05) is 52.0 Å². The van der Waals surface area contributed by atoms with Crippen molar-refractivity contribution in [3.8, 4) is 0 Å². The Balaban J connectivity index is 2.87. The molecule has 1 rings (SSSR count). The molecule has 0 aromatic heterocycles. The van der Waals surface area contributed by atoms with Crippen LogP contribution in [0.2, 0.25) is 0 Å². The van der Waals surface area contributed by atoms with Gasteiger partial charge in [0.2, 0.25) is 0 Å². The third kappa shape index (κ3) is 4.94. The summed E-state index contributed by atoms with van der Waals surface area (Å²) in [6.07, 6.45) is -0.930. The highest BCUT2D eigenvalue weighted by Gasteiger charge is 2.24. The predicted molar refractivity (Wildman–Crippen MR) is 79.8 cm³/mol. The zero-order chi connectivity index (χ0) is 15.3. The molecule has 1 aromatic rings. The van der Waals surface area contributed by atoms with Crippen LogP contribution in [0.25, 0.3) is 0 Å². The number of carbonyl (C=O) groups is 1. The van der Waals surface area contributed by atoms with Crippen molar-refractivity contribution in [2.75, 3.05) is 0 Å². The molecule has 20 heavy (non-hydrogen) atoms. The molecule has 0 fully saturated rings. The van der Waals surface area contributed by atoms with Crippen LogP contribution in [0.4, 0.5) is 0 Å². The van der Waals surface area contributed by atoms with Crippen molar-refractivity contribution in [2.24, 2.45) is 0 Å². The van der Waals surface area contributed by atoms with E-state index >= 15 is 0 Å². The lowest BCUT2D eigenvalue weighted by molar-refractivity contribution is -0.138. The molecule has 0 aliphatic carbocycles. The largest absolute Gasteiger partial charge is 0.481 e. The summed E-state index contributed by atoms with van der Waals surface area (Å²) in [7, 11) is 0. The molecule has 2 unspecified atom stereocenters. The van der Waals surface area contributed by atoms with E-state index in [2.05, 4.69) is 19.2 Å². The first kappa shape index (κ1) is 16.7. The van der Waals surface area contributed by atoms with Gasteiger partial charge >= 0.3 is 5.97 Å². The fourth-order valence-corrected chi connectivity index (χ4v) is 2.19. The fourth-order valence-electron chi connectivity index (χ4n) is 2.19. The molecule has 0 spiro atoms. The molecule has 0 saturated heterocycles. The van der Waals surface area contributed by atoms with Gasteiger partial charge in [0.15, 0.2) is 0 Å². The fraction of sp³-hybridized carbons (Fsp3) is 0.562. The molecular formula is C16H25NO3. The molecule has 2 atom stereocenters. The Bertz CT molecular complexity index is 426. The summed E-state index contributed by atoms with van der Waals surface area (Å²) in [5, 5.41) is 22.5. The molecule has 4 nitrogen and oxygen atoms in total. The molecule has 0 aliphatic rings. The molecule has 1 aromatic carbocycles. The number of benzene rings is 1. The van der Waals surface area contributed by atoms with Gasteiger partial charge in [0.25, 0.3) is 0 Å². The van der Waals surface area contributed by atoms with Crippen LogP contribution in [0.1, 0.15) is 57.3 Å². The minimum absolute atomic E-state index is 0.106. The quantitative estimate of drug-likeness (QED) is 0.717. The number of rotatable bonds is 7. The summed E-state index contributed by atoms with van der Waals surface area (Å²) in [5.41, 5.74) is 1.95. The van der Waals surface area contributed by atoms with Gasteiger partial charge in [0.1, 0.15) is 0 Å². The maximum Gasteiger partial charge on any atom is 0.305 e. The van der Waals surface area contributed by atoms with Crippen molar-refractivity contribution in [3.05, 3.63) is 35.4 Å². The van der Waals surface area contributed by atoms with Crippen LogP contribution >= 0.6 is 0 Å². The molecule has 4 heteroatoms. The highest BCUT2D eigenvalue weighted by molar-refractivity contribution is 5.67. The van der Waals surface area contributed by atoms with Crippen LogP contribution in [-0.2, 0) is 4.79 Å².